The Bertz CT molecular complexity index is 425. The van der Waals surface area contributed by atoms with Crippen LogP contribution in [0.5, 0.6) is 0 Å². The maximum absolute atomic E-state index is 13.3. The van der Waals surface area contributed by atoms with E-state index in [0.717, 1.165) is 58.7 Å². The molecule has 0 bridgehead atoms. The molecule has 1 spiro atoms. The first kappa shape index (κ1) is 16.5. The number of rotatable bonds is 1. The second-order valence-corrected chi connectivity index (χ2v) is 7.82. The maximum atomic E-state index is 13.3. The molecule has 3 saturated heterocycles. The molecule has 0 aromatic rings. The van der Waals surface area contributed by atoms with Crippen LogP contribution in [0.3, 0.4) is 0 Å². The summed E-state index contributed by atoms with van der Waals surface area (Å²) in [6.45, 7) is 5.72. The van der Waals surface area contributed by atoms with Crippen molar-refractivity contribution in [3.8, 4) is 0 Å². The van der Waals surface area contributed by atoms with Crippen molar-refractivity contribution in [2.45, 2.75) is 44.9 Å². The molecule has 5 heteroatoms. The largest absolute Gasteiger partial charge is 0.381 e. The number of halogens is 1. The molecule has 4 fully saturated rings. The van der Waals surface area contributed by atoms with Gasteiger partial charge in [-0.1, -0.05) is 12.8 Å². The van der Waals surface area contributed by atoms with Crippen LogP contribution in [0.4, 0.5) is 0 Å². The first-order valence-electron chi connectivity index (χ1n) is 8.82. The summed E-state index contributed by atoms with van der Waals surface area (Å²) in [6, 6.07) is 0. The smallest absolute Gasteiger partial charge is 0.230 e. The number of amides is 1. The Morgan fingerprint density at radius 3 is 2.77 bits per heavy atom. The van der Waals surface area contributed by atoms with Gasteiger partial charge in [0.1, 0.15) is 0 Å². The standard InChI is InChI=1S/C17H28N2O2.ClH/c20-15(17-4-2-1-3-14(17)11-18-12-17)19-8-5-16(13-19)6-9-21-10-7-16;/h14,18H,1-13H2;1H/t14-,17+;/m0./s1. The number of carbonyl (C=O) groups is 1. The zero-order valence-electron chi connectivity index (χ0n) is 13.4. The molecule has 126 valence electrons. The highest BCUT2D eigenvalue weighted by molar-refractivity contribution is 5.85. The van der Waals surface area contributed by atoms with Gasteiger partial charge in [0.25, 0.3) is 0 Å². The van der Waals surface area contributed by atoms with E-state index in [-0.39, 0.29) is 17.8 Å². The summed E-state index contributed by atoms with van der Waals surface area (Å²) in [7, 11) is 0. The van der Waals surface area contributed by atoms with E-state index < -0.39 is 0 Å². The first-order chi connectivity index (χ1) is 10.2. The average Bonchev–Trinajstić information content (AvgIpc) is 3.13. The van der Waals surface area contributed by atoms with Gasteiger partial charge in [-0.2, -0.15) is 0 Å². The molecule has 3 aliphatic heterocycles. The van der Waals surface area contributed by atoms with Crippen molar-refractivity contribution in [3.63, 3.8) is 0 Å². The molecule has 1 N–H and O–H groups in total. The predicted molar refractivity (Wildman–Crippen MR) is 88.2 cm³/mol. The van der Waals surface area contributed by atoms with E-state index in [1.807, 2.05) is 0 Å². The lowest BCUT2D eigenvalue weighted by Gasteiger charge is -2.40. The molecule has 1 aliphatic carbocycles. The number of ether oxygens (including phenoxy) is 1. The van der Waals surface area contributed by atoms with E-state index in [4.69, 9.17) is 4.74 Å². The number of nitrogens with one attached hydrogen (secondary N) is 1. The van der Waals surface area contributed by atoms with Crippen molar-refractivity contribution < 1.29 is 9.53 Å². The number of likely N-dealkylation sites (tertiary alicyclic amines) is 1. The fraction of sp³-hybridized carbons (Fsp3) is 0.941. The van der Waals surface area contributed by atoms with Gasteiger partial charge in [0.15, 0.2) is 0 Å². The Labute approximate surface area is 139 Å². The molecular formula is C17H29ClN2O2. The summed E-state index contributed by atoms with van der Waals surface area (Å²) >= 11 is 0. The Kier molecular flexibility index (Phi) is 4.73. The van der Waals surface area contributed by atoms with Gasteiger partial charge < -0.3 is 15.0 Å². The molecular weight excluding hydrogens is 300 g/mol. The highest BCUT2D eigenvalue weighted by atomic mass is 35.5. The number of carbonyl (C=O) groups excluding carboxylic acids is 1. The third kappa shape index (κ3) is 2.57. The van der Waals surface area contributed by atoms with E-state index >= 15 is 0 Å². The van der Waals surface area contributed by atoms with Gasteiger partial charge in [0.2, 0.25) is 5.91 Å². The van der Waals surface area contributed by atoms with E-state index in [2.05, 4.69) is 10.2 Å². The number of fused-ring (bicyclic) bond motifs is 1. The molecule has 0 aromatic carbocycles. The highest BCUT2D eigenvalue weighted by Crippen LogP contribution is 2.47. The molecule has 4 nitrogen and oxygen atoms in total. The molecule has 2 atom stereocenters. The lowest BCUT2D eigenvalue weighted by Crippen LogP contribution is -2.49. The lowest BCUT2D eigenvalue weighted by molar-refractivity contribution is -0.145. The van der Waals surface area contributed by atoms with Crippen molar-refractivity contribution in [1.29, 1.82) is 0 Å². The van der Waals surface area contributed by atoms with Gasteiger partial charge in [0, 0.05) is 32.8 Å². The summed E-state index contributed by atoms with van der Waals surface area (Å²) in [5.74, 6) is 1.06. The van der Waals surface area contributed by atoms with Gasteiger partial charge in [-0.25, -0.2) is 0 Å². The quantitative estimate of drug-likeness (QED) is 0.802. The molecule has 0 unspecified atom stereocenters. The van der Waals surface area contributed by atoms with Crippen LogP contribution in [0.25, 0.3) is 0 Å². The Balaban J connectivity index is 0.00000144. The Morgan fingerprint density at radius 1 is 1.14 bits per heavy atom. The fourth-order valence-corrected chi connectivity index (χ4v) is 5.30. The summed E-state index contributed by atoms with van der Waals surface area (Å²) in [5, 5.41) is 3.51. The van der Waals surface area contributed by atoms with Gasteiger partial charge >= 0.3 is 0 Å². The topological polar surface area (TPSA) is 41.6 Å². The van der Waals surface area contributed by atoms with E-state index in [1.54, 1.807) is 0 Å². The van der Waals surface area contributed by atoms with Crippen LogP contribution < -0.4 is 5.32 Å². The molecule has 4 aliphatic rings. The molecule has 22 heavy (non-hydrogen) atoms. The number of nitrogens with zero attached hydrogens (tertiary/aromatic N) is 1. The normalized spacial score (nSPS) is 36.9. The summed E-state index contributed by atoms with van der Waals surface area (Å²) in [4.78, 5) is 15.5. The summed E-state index contributed by atoms with van der Waals surface area (Å²) in [6.07, 6.45) is 8.37. The van der Waals surface area contributed by atoms with Crippen LogP contribution in [0, 0.1) is 16.7 Å². The van der Waals surface area contributed by atoms with Gasteiger partial charge in [-0.3, -0.25) is 4.79 Å². The highest BCUT2D eigenvalue weighted by Gasteiger charge is 2.53. The minimum atomic E-state index is -0.0606. The van der Waals surface area contributed by atoms with Crippen LogP contribution in [0.2, 0.25) is 0 Å². The average molecular weight is 329 g/mol. The minimum absolute atomic E-state index is 0. The van der Waals surface area contributed by atoms with Crippen LogP contribution >= 0.6 is 12.4 Å². The Hall–Kier alpha value is -0.320. The van der Waals surface area contributed by atoms with Crippen LogP contribution in [-0.4, -0.2) is 50.2 Å². The van der Waals surface area contributed by atoms with Gasteiger partial charge in [-0.05, 0) is 50.0 Å². The SMILES string of the molecule is Cl.O=C(N1CCC2(CCOCC2)C1)[C@@]12CCCC[C@H]1CNC2. The van der Waals surface area contributed by atoms with Gasteiger partial charge in [-0.15, -0.1) is 12.4 Å². The van der Waals surface area contributed by atoms with E-state index in [1.165, 1.54) is 25.7 Å². The molecule has 1 amide bonds. The van der Waals surface area contributed by atoms with Crippen molar-refractivity contribution >= 4 is 18.3 Å². The van der Waals surface area contributed by atoms with Crippen LogP contribution in [0.15, 0.2) is 0 Å². The van der Waals surface area contributed by atoms with E-state index in [9.17, 15) is 4.79 Å². The molecule has 4 rings (SSSR count). The third-order valence-corrected chi connectivity index (χ3v) is 6.74. The second-order valence-electron chi connectivity index (χ2n) is 7.82. The molecule has 0 radical (unpaired) electrons. The Morgan fingerprint density at radius 2 is 1.95 bits per heavy atom. The van der Waals surface area contributed by atoms with Gasteiger partial charge in [0.05, 0.1) is 5.41 Å². The summed E-state index contributed by atoms with van der Waals surface area (Å²) in [5.41, 5.74) is 0.315. The maximum Gasteiger partial charge on any atom is 0.230 e. The van der Waals surface area contributed by atoms with Crippen molar-refractivity contribution in [1.82, 2.24) is 10.2 Å². The monoisotopic (exact) mass is 328 g/mol. The fourth-order valence-electron chi connectivity index (χ4n) is 5.30. The zero-order valence-corrected chi connectivity index (χ0v) is 14.3. The zero-order chi connectivity index (χ0) is 14.3. The number of hydrogen-bond acceptors (Lipinski definition) is 3. The minimum Gasteiger partial charge on any atom is -0.381 e. The molecule has 3 heterocycles. The molecule has 1 saturated carbocycles. The lowest BCUT2D eigenvalue weighted by atomic mass is 9.67. The van der Waals surface area contributed by atoms with Crippen molar-refractivity contribution in [2.75, 3.05) is 39.4 Å². The predicted octanol–water partition coefficient (Wildman–Crippen LogP) is 2.22. The van der Waals surface area contributed by atoms with E-state index in [0.29, 0.717) is 17.2 Å². The second kappa shape index (κ2) is 6.29. The third-order valence-electron chi connectivity index (χ3n) is 6.74. The van der Waals surface area contributed by atoms with Crippen LogP contribution in [-0.2, 0) is 9.53 Å². The van der Waals surface area contributed by atoms with Crippen molar-refractivity contribution in [3.05, 3.63) is 0 Å². The first-order valence-corrected chi connectivity index (χ1v) is 8.82. The van der Waals surface area contributed by atoms with Crippen LogP contribution in [0.1, 0.15) is 44.9 Å². The molecule has 0 aromatic heterocycles. The number of hydrogen-bond donors (Lipinski definition) is 1. The summed E-state index contributed by atoms with van der Waals surface area (Å²) < 4.78 is 5.52. The van der Waals surface area contributed by atoms with Crippen molar-refractivity contribution in [2.24, 2.45) is 16.7 Å².